The van der Waals surface area contributed by atoms with Crippen LogP contribution in [0.1, 0.15) is 5.82 Å². The molecular formula is C23H19ClN4OS2. The van der Waals surface area contributed by atoms with Gasteiger partial charge in [0.2, 0.25) is 5.91 Å². The van der Waals surface area contributed by atoms with Crippen molar-refractivity contribution in [1.82, 2.24) is 14.8 Å². The van der Waals surface area contributed by atoms with E-state index >= 15 is 0 Å². The van der Waals surface area contributed by atoms with Crippen LogP contribution in [-0.4, -0.2) is 26.4 Å². The van der Waals surface area contributed by atoms with E-state index in [1.165, 1.54) is 16.7 Å². The fourth-order valence-electron chi connectivity index (χ4n) is 2.88. The molecule has 0 aliphatic carbocycles. The number of amides is 1. The minimum Gasteiger partial charge on any atom is -0.325 e. The zero-order valence-electron chi connectivity index (χ0n) is 16.4. The van der Waals surface area contributed by atoms with Crippen molar-refractivity contribution in [3.63, 3.8) is 0 Å². The van der Waals surface area contributed by atoms with Crippen LogP contribution in [0.4, 0.5) is 5.69 Å². The lowest BCUT2D eigenvalue weighted by molar-refractivity contribution is -0.113. The Kier molecular flexibility index (Phi) is 7.30. The van der Waals surface area contributed by atoms with Crippen LogP contribution >= 0.6 is 35.1 Å². The van der Waals surface area contributed by atoms with Crippen molar-refractivity contribution in [2.24, 2.45) is 0 Å². The average Bonchev–Trinajstić information content (AvgIpc) is 3.20. The van der Waals surface area contributed by atoms with Crippen LogP contribution in [0.25, 0.3) is 5.69 Å². The minimum atomic E-state index is -0.130. The van der Waals surface area contributed by atoms with E-state index in [9.17, 15) is 4.79 Å². The highest BCUT2D eigenvalue weighted by Gasteiger charge is 2.16. The Bertz CT molecular complexity index is 1150. The molecule has 4 aromatic rings. The first-order valence-corrected chi connectivity index (χ1v) is 11.9. The van der Waals surface area contributed by atoms with E-state index < -0.39 is 0 Å². The number of anilines is 1. The maximum absolute atomic E-state index is 12.4. The highest BCUT2D eigenvalue weighted by Crippen LogP contribution is 2.27. The third kappa shape index (κ3) is 5.91. The molecule has 31 heavy (non-hydrogen) atoms. The number of benzene rings is 3. The number of carbonyl (C=O) groups excluding carboxylic acids is 1. The van der Waals surface area contributed by atoms with E-state index in [1.807, 2.05) is 53.1 Å². The molecule has 1 amide bonds. The summed E-state index contributed by atoms with van der Waals surface area (Å²) < 4.78 is 2.01. The summed E-state index contributed by atoms with van der Waals surface area (Å²) in [6.07, 6.45) is 0. The van der Waals surface area contributed by atoms with Crippen LogP contribution in [0.2, 0.25) is 5.02 Å². The Morgan fingerprint density at radius 2 is 1.65 bits per heavy atom. The molecule has 0 saturated carbocycles. The molecule has 1 heterocycles. The van der Waals surface area contributed by atoms with E-state index in [0.717, 1.165) is 11.5 Å². The van der Waals surface area contributed by atoms with Gasteiger partial charge in [0, 0.05) is 21.3 Å². The van der Waals surface area contributed by atoms with Crippen molar-refractivity contribution in [3.8, 4) is 5.69 Å². The summed E-state index contributed by atoms with van der Waals surface area (Å²) in [7, 11) is 0. The smallest absolute Gasteiger partial charge is 0.234 e. The molecule has 0 saturated heterocycles. The zero-order chi connectivity index (χ0) is 21.5. The fraction of sp³-hybridized carbons (Fsp3) is 0.0870. The summed E-state index contributed by atoms with van der Waals surface area (Å²) in [6.45, 7) is 0. The molecule has 1 N–H and O–H groups in total. The Labute approximate surface area is 194 Å². The SMILES string of the molecule is O=C(CSc1nnc(CSc2ccccc2)n1-c1ccccc1)Nc1cccc(Cl)c1. The first-order valence-electron chi connectivity index (χ1n) is 9.55. The van der Waals surface area contributed by atoms with Crippen LogP contribution in [-0.2, 0) is 10.5 Å². The molecule has 0 unspecified atom stereocenters. The average molecular weight is 467 g/mol. The molecule has 4 rings (SSSR count). The van der Waals surface area contributed by atoms with Gasteiger partial charge in [-0.3, -0.25) is 9.36 Å². The maximum atomic E-state index is 12.4. The lowest BCUT2D eigenvalue weighted by Gasteiger charge is -2.10. The molecule has 0 aliphatic heterocycles. The molecular weight excluding hydrogens is 448 g/mol. The van der Waals surface area contributed by atoms with E-state index in [1.54, 1.807) is 36.0 Å². The second-order valence-electron chi connectivity index (χ2n) is 6.52. The van der Waals surface area contributed by atoms with Gasteiger partial charge in [-0.05, 0) is 42.5 Å². The van der Waals surface area contributed by atoms with Gasteiger partial charge in [0.25, 0.3) is 0 Å². The van der Waals surface area contributed by atoms with Crippen molar-refractivity contribution in [1.29, 1.82) is 0 Å². The first-order chi connectivity index (χ1) is 15.2. The van der Waals surface area contributed by atoms with E-state index in [4.69, 9.17) is 11.6 Å². The molecule has 156 valence electrons. The molecule has 0 spiro atoms. The highest BCUT2D eigenvalue weighted by atomic mass is 35.5. The molecule has 0 radical (unpaired) electrons. The van der Waals surface area contributed by atoms with Gasteiger partial charge in [0.1, 0.15) is 5.82 Å². The second-order valence-corrected chi connectivity index (χ2v) is 8.95. The highest BCUT2D eigenvalue weighted by molar-refractivity contribution is 7.99. The van der Waals surface area contributed by atoms with Gasteiger partial charge in [-0.15, -0.1) is 22.0 Å². The number of rotatable bonds is 8. The molecule has 1 aromatic heterocycles. The van der Waals surface area contributed by atoms with E-state index in [-0.39, 0.29) is 11.7 Å². The molecule has 0 bridgehead atoms. The fourth-order valence-corrected chi connectivity index (χ4v) is 4.67. The third-order valence-corrected chi connectivity index (χ3v) is 6.44. The van der Waals surface area contributed by atoms with E-state index in [0.29, 0.717) is 21.6 Å². The van der Waals surface area contributed by atoms with Crippen LogP contribution in [0, 0.1) is 0 Å². The third-order valence-electron chi connectivity index (χ3n) is 4.27. The van der Waals surface area contributed by atoms with Gasteiger partial charge in [-0.25, -0.2) is 0 Å². The Morgan fingerprint density at radius 1 is 0.903 bits per heavy atom. The zero-order valence-corrected chi connectivity index (χ0v) is 18.8. The molecule has 0 atom stereocenters. The number of nitrogens with zero attached hydrogens (tertiary/aromatic N) is 3. The van der Waals surface area contributed by atoms with Gasteiger partial charge in [-0.1, -0.05) is 65.8 Å². The number of aromatic nitrogens is 3. The molecule has 0 aliphatic rings. The van der Waals surface area contributed by atoms with Crippen molar-refractivity contribution < 1.29 is 4.79 Å². The number of thioether (sulfide) groups is 2. The lowest BCUT2D eigenvalue weighted by atomic mass is 10.3. The summed E-state index contributed by atoms with van der Waals surface area (Å²) in [5, 5.41) is 12.9. The standard InChI is InChI=1S/C23H19ClN4OS2/c24-17-8-7-9-18(14-17)25-22(29)16-31-23-27-26-21(15-30-20-12-5-2-6-13-20)28(23)19-10-3-1-4-11-19/h1-14H,15-16H2,(H,25,29). The Morgan fingerprint density at radius 3 is 2.39 bits per heavy atom. The number of hydrogen-bond acceptors (Lipinski definition) is 5. The van der Waals surface area contributed by atoms with E-state index in [2.05, 4.69) is 27.6 Å². The minimum absolute atomic E-state index is 0.130. The van der Waals surface area contributed by atoms with Crippen LogP contribution < -0.4 is 5.32 Å². The van der Waals surface area contributed by atoms with Crippen molar-refractivity contribution >= 4 is 46.7 Å². The molecule has 5 nitrogen and oxygen atoms in total. The van der Waals surface area contributed by atoms with Gasteiger partial charge in [-0.2, -0.15) is 0 Å². The number of hydrogen-bond donors (Lipinski definition) is 1. The van der Waals surface area contributed by atoms with Gasteiger partial charge < -0.3 is 5.32 Å². The topological polar surface area (TPSA) is 59.8 Å². The molecule has 8 heteroatoms. The monoisotopic (exact) mass is 466 g/mol. The number of para-hydroxylation sites is 1. The molecule has 3 aromatic carbocycles. The van der Waals surface area contributed by atoms with Crippen molar-refractivity contribution in [2.75, 3.05) is 11.1 Å². The van der Waals surface area contributed by atoms with Crippen LogP contribution in [0.3, 0.4) is 0 Å². The second kappa shape index (κ2) is 10.5. The van der Waals surface area contributed by atoms with Gasteiger partial charge in [0.05, 0.1) is 11.5 Å². The summed E-state index contributed by atoms with van der Waals surface area (Å²) in [6, 6.07) is 27.2. The predicted molar refractivity (Wildman–Crippen MR) is 128 cm³/mol. The predicted octanol–water partition coefficient (Wildman–Crippen LogP) is 5.94. The number of nitrogens with one attached hydrogen (secondary N) is 1. The van der Waals surface area contributed by atoms with Gasteiger partial charge in [0.15, 0.2) is 5.16 Å². The lowest BCUT2D eigenvalue weighted by Crippen LogP contribution is -2.14. The summed E-state index contributed by atoms with van der Waals surface area (Å²) >= 11 is 9.04. The summed E-state index contributed by atoms with van der Waals surface area (Å²) in [5.41, 5.74) is 1.64. The van der Waals surface area contributed by atoms with Crippen molar-refractivity contribution in [3.05, 3.63) is 95.8 Å². The number of halogens is 1. The van der Waals surface area contributed by atoms with Crippen LogP contribution in [0.15, 0.2) is 95.0 Å². The van der Waals surface area contributed by atoms with Crippen LogP contribution in [0.5, 0.6) is 0 Å². The first kappa shape index (κ1) is 21.5. The normalized spacial score (nSPS) is 10.7. The van der Waals surface area contributed by atoms with Gasteiger partial charge >= 0.3 is 0 Å². The number of carbonyl (C=O) groups is 1. The van der Waals surface area contributed by atoms with Crippen molar-refractivity contribution in [2.45, 2.75) is 15.8 Å². The summed E-state index contributed by atoms with van der Waals surface area (Å²) in [4.78, 5) is 13.6. The summed E-state index contributed by atoms with van der Waals surface area (Å²) in [5.74, 6) is 1.58. The Balaban J connectivity index is 1.49. The maximum Gasteiger partial charge on any atom is 0.234 e. The quantitative estimate of drug-likeness (QED) is 0.325. The Hall–Kier alpha value is -2.74. The molecule has 0 fully saturated rings. The largest absolute Gasteiger partial charge is 0.325 e.